The van der Waals surface area contributed by atoms with Crippen molar-refractivity contribution < 1.29 is 4.79 Å². The summed E-state index contributed by atoms with van der Waals surface area (Å²) in [5.41, 5.74) is 5.39. The van der Waals surface area contributed by atoms with E-state index in [0.29, 0.717) is 12.3 Å². The molecular weight excluding hydrogens is 248 g/mol. The first-order chi connectivity index (χ1) is 9.58. The fourth-order valence-electron chi connectivity index (χ4n) is 2.67. The van der Waals surface area contributed by atoms with E-state index >= 15 is 0 Å². The van der Waals surface area contributed by atoms with Crippen LogP contribution in [-0.4, -0.2) is 17.9 Å². The van der Waals surface area contributed by atoms with Gasteiger partial charge in [-0.15, -0.1) is 0 Å². The predicted molar refractivity (Wildman–Crippen MR) is 80.9 cm³/mol. The Kier molecular flexibility index (Phi) is 3.05. The summed E-state index contributed by atoms with van der Waals surface area (Å²) in [6.45, 7) is 4.34. The van der Waals surface area contributed by atoms with Gasteiger partial charge in [0.15, 0.2) is 0 Å². The Balaban J connectivity index is 2.13. The molecule has 0 saturated carbocycles. The number of hydrogen-bond donors (Lipinski definition) is 0. The van der Waals surface area contributed by atoms with E-state index in [4.69, 9.17) is 0 Å². The summed E-state index contributed by atoms with van der Waals surface area (Å²) in [7, 11) is 1.83. The van der Waals surface area contributed by atoms with Crippen molar-refractivity contribution in [3.05, 3.63) is 47.7 Å². The number of amides is 1. The number of carbonyl (C=O) groups is 1. The highest BCUT2D eigenvalue weighted by atomic mass is 16.2. The van der Waals surface area contributed by atoms with Crippen LogP contribution in [0.1, 0.15) is 30.9 Å². The van der Waals surface area contributed by atoms with Crippen LogP contribution in [0.3, 0.4) is 0 Å². The van der Waals surface area contributed by atoms with E-state index in [1.54, 1.807) is 4.90 Å². The maximum absolute atomic E-state index is 11.9. The minimum Gasteiger partial charge on any atom is -0.315 e. The summed E-state index contributed by atoms with van der Waals surface area (Å²) in [6, 6.07) is 10.2. The lowest BCUT2D eigenvalue weighted by atomic mass is 9.98. The number of hydrogen-bond acceptors (Lipinski definition) is 2. The molecule has 1 aliphatic heterocycles. The average molecular weight is 266 g/mol. The van der Waals surface area contributed by atoms with Gasteiger partial charge in [-0.2, -0.15) is 0 Å². The van der Waals surface area contributed by atoms with Crippen LogP contribution in [-0.2, 0) is 11.2 Å². The molecule has 1 aromatic carbocycles. The fraction of sp³-hybridized carbons (Fsp3) is 0.294. The van der Waals surface area contributed by atoms with Gasteiger partial charge in [-0.05, 0) is 35.2 Å². The van der Waals surface area contributed by atoms with E-state index < -0.39 is 0 Å². The van der Waals surface area contributed by atoms with Gasteiger partial charge in [-0.25, -0.2) is 0 Å². The van der Waals surface area contributed by atoms with Gasteiger partial charge in [0.1, 0.15) is 0 Å². The first-order valence-corrected chi connectivity index (χ1v) is 6.92. The Morgan fingerprint density at radius 1 is 1.25 bits per heavy atom. The van der Waals surface area contributed by atoms with Gasteiger partial charge in [0.2, 0.25) is 5.91 Å². The average Bonchev–Trinajstić information content (AvgIpc) is 2.74. The SMILES string of the molecule is CC(C)c1ccnc(-c2cccc3c2CC(=O)N3C)c1. The summed E-state index contributed by atoms with van der Waals surface area (Å²) >= 11 is 0. The molecule has 3 rings (SSSR count). The van der Waals surface area contributed by atoms with Crippen molar-refractivity contribution in [1.82, 2.24) is 4.98 Å². The highest BCUT2D eigenvalue weighted by Gasteiger charge is 2.26. The van der Waals surface area contributed by atoms with E-state index in [-0.39, 0.29) is 5.91 Å². The van der Waals surface area contributed by atoms with Crippen LogP contribution in [0.25, 0.3) is 11.3 Å². The number of nitrogens with zero attached hydrogens (tertiary/aromatic N) is 2. The molecule has 0 unspecified atom stereocenters. The topological polar surface area (TPSA) is 33.2 Å². The van der Waals surface area contributed by atoms with E-state index in [0.717, 1.165) is 22.5 Å². The molecule has 1 aromatic heterocycles. The van der Waals surface area contributed by atoms with Crippen LogP contribution in [0.4, 0.5) is 5.69 Å². The lowest BCUT2D eigenvalue weighted by Crippen LogP contribution is -2.20. The molecule has 0 radical (unpaired) electrons. The molecule has 102 valence electrons. The lowest BCUT2D eigenvalue weighted by Gasteiger charge is -2.12. The maximum atomic E-state index is 11.9. The Morgan fingerprint density at radius 3 is 2.80 bits per heavy atom. The Bertz CT molecular complexity index is 676. The fourth-order valence-corrected chi connectivity index (χ4v) is 2.67. The van der Waals surface area contributed by atoms with Crippen LogP contribution in [0, 0.1) is 0 Å². The summed E-state index contributed by atoms with van der Waals surface area (Å²) in [6.07, 6.45) is 2.32. The number of anilines is 1. The van der Waals surface area contributed by atoms with Gasteiger partial charge in [0, 0.05) is 24.5 Å². The largest absolute Gasteiger partial charge is 0.315 e. The zero-order chi connectivity index (χ0) is 14.3. The third kappa shape index (κ3) is 1.99. The molecule has 2 heterocycles. The number of likely N-dealkylation sites (N-methyl/N-ethyl adjacent to an activating group) is 1. The quantitative estimate of drug-likeness (QED) is 0.834. The minimum absolute atomic E-state index is 0.146. The van der Waals surface area contributed by atoms with Crippen molar-refractivity contribution in [2.24, 2.45) is 0 Å². The monoisotopic (exact) mass is 266 g/mol. The van der Waals surface area contributed by atoms with Crippen LogP contribution in [0.15, 0.2) is 36.5 Å². The number of rotatable bonds is 2. The summed E-state index contributed by atoms with van der Waals surface area (Å²) in [5, 5.41) is 0. The zero-order valence-electron chi connectivity index (χ0n) is 12.1. The Hall–Kier alpha value is -2.16. The highest BCUT2D eigenvalue weighted by Crippen LogP contribution is 2.35. The van der Waals surface area contributed by atoms with Crippen LogP contribution < -0.4 is 4.90 Å². The summed E-state index contributed by atoms with van der Waals surface area (Å²) in [4.78, 5) is 18.1. The number of benzene rings is 1. The molecule has 1 aliphatic rings. The Labute approximate surface area is 119 Å². The van der Waals surface area contributed by atoms with Crippen LogP contribution in [0.5, 0.6) is 0 Å². The van der Waals surface area contributed by atoms with Crippen molar-refractivity contribution >= 4 is 11.6 Å². The maximum Gasteiger partial charge on any atom is 0.231 e. The van der Waals surface area contributed by atoms with E-state index in [2.05, 4.69) is 37.0 Å². The van der Waals surface area contributed by atoms with Crippen molar-refractivity contribution in [1.29, 1.82) is 0 Å². The molecule has 0 saturated heterocycles. The second-order valence-corrected chi connectivity index (χ2v) is 5.56. The van der Waals surface area contributed by atoms with Crippen LogP contribution >= 0.6 is 0 Å². The molecule has 0 N–H and O–H groups in total. The second kappa shape index (κ2) is 4.75. The van der Waals surface area contributed by atoms with Gasteiger partial charge in [0.05, 0.1) is 12.1 Å². The molecule has 20 heavy (non-hydrogen) atoms. The number of aromatic nitrogens is 1. The smallest absolute Gasteiger partial charge is 0.231 e. The van der Waals surface area contributed by atoms with E-state index in [9.17, 15) is 4.79 Å². The minimum atomic E-state index is 0.146. The second-order valence-electron chi connectivity index (χ2n) is 5.56. The first-order valence-electron chi connectivity index (χ1n) is 6.92. The van der Waals surface area contributed by atoms with Gasteiger partial charge in [-0.3, -0.25) is 9.78 Å². The Morgan fingerprint density at radius 2 is 2.05 bits per heavy atom. The number of pyridine rings is 1. The third-order valence-corrected chi connectivity index (χ3v) is 3.94. The molecule has 0 aliphatic carbocycles. The van der Waals surface area contributed by atoms with Crippen molar-refractivity contribution in [2.75, 3.05) is 11.9 Å². The van der Waals surface area contributed by atoms with Crippen molar-refractivity contribution in [3.8, 4) is 11.3 Å². The molecular formula is C17H18N2O. The summed E-state index contributed by atoms with van der Waals surface area (Å²) in [5.74, 6) is 0.616. The molecule has 0 fully saturated rings. The normalized spacial score (nSPS) is 14.0. The number of fused-ring (bicyclic) bond motifs is 1. The van der Waals surface area contributed by atoms with Gasteiger partial charge in [0.25, 0.3) is 0 Å². The molecule has 2 aromatic rings. The number of carbonyl (C=O) groups excluding carboxylic acids is 1. The van der Waals surface area contributed by atoms with Crippen LogP contribution in [0.2, 0.25) is 0 Å². The molecule has 1 amide bonds. The van der Waals surface area contributed by atoms with Gasteiger partial charge < -0.3 is 4.90 Å². The lowest BCUT2D eigenvalue weighted by molar-refractivity contribution is -0.117. The molecule has 3 heteroatoms. The molecule has 0 bridgehead atoms. The standard InChI is InChI=1S/C17H18N2O/c1-11(2)12-7-8-18-15(9-12)13-5-4-6-16-14(13)10-17(20)19(16)3/h4-9,11H,10H2,1-3H3. The van der Waals surface area contributed by atoms with E-state index in [1.165, 1.54) is 5.56 Å². The van der Waals surface area contributed by atoms with Gasteiger partial charge in [-0.1, -0.05) is 26.0 Å². The highest BCUT2D eigenvalue weighted by molar-refractivity contribution is 6.03. The zero-order valence-corrected chi connectivity index (χ0v) is 12.1. The van der Waals surface area contributed by atoms with E-state index in [1.807, 2.05) is 25.4 Å². The van der Waals surface area contributed by atoms with Crippen molar-refractivity contribution in [2.45, 2.75) is 26.2 Å². The molecule has 3 nitrogen and oxygen atoms in total. The van der Waals surface area contributed by atoms with Gasteiger partial charge >= 0.3 is 0 Å². The molecule has 0 spiro atoms. The molecule has 0 atom stereocenters. The third-order valence-electron chi connectivity index (χ3n) is 3.94. The first kappa shape index (κ1) is 12.9. The summed E-state index contributed by atoms with van der Waals surface area (Å²) < 4.78 is 0. The predicted octanol–water partition coefficient (Wildman–Crippen LogP) is 3.39. The van der Waals surface area contributed by atoms with Crippen molar-refractivity contribution in [3.63, 3.8) is 0 Å².